The summed E-state index contributed by atoms with van der Waals surface area (Å²) in [7, 11) is 0. The first-order valence-electron chi connectivity index (χ1n) is 6.26. The van der Waals surface area contributed by atoms with Crippen molar-refractivity contribution in [3.8, 4) is 0 Å². The molecule has 0 aliphatic carbocycles. The van der Waals surface area contributed by atoms with Crippen molar-refractivity contribution >= 4 is 40.8 Å². The number of nitrogens with one attached hydrogen (secondary N) is 2. The van der Waals surface area contributed by atoms with E-state index in [9.17, 15) is 9.59 Å². The van der Waals surface area contributed by atoms with Crippen LogP contribution >= 0.6 is 23.2 Å². The van der Waals surface area contributed by atoms with Crippen LogP contribution in [0.1, 0.15) is 6.42 Å². The highest BCUT2D eigenvalue weighted by molar-refractivity contribution is 6.30. The Balaban J connectivity index is 1.93. The highest BCUT2D eigenvalue weighted by Gasteiger charge is 2.31. The number of carbonyl (C=O) groups excluding carboxylic acids is 2. The zero-order chi connectivity index (χ0) is 14.5. The molecule has 0 aromatic heterocycles. The van der Waals surface area contributed by atoms with E-state index in [0.29, 0.717) is 24.0 Å². The highest BCUT2D eigenvalue weighted by atomic mass is 35.5. The first-order chi connectivity index (χ1) is 9.60. The van der Waals surface area contributed by atoms with Crippen LogP contribution in [0.4, 0.5) is 10.5 Å². The largest absolute Gasteiger partial charge is 0.337 e. The van der Waals surface area contributed by atoms with Crippen LogP contribution in [0.2, 0.25) is 5.02 Å². The van der Waals surface area contributed by atoms with Crippen molar-refractivity contribution in [2.45, 2.75) is 12.5 Å². The molecule has 0 saturated carbocycles. The van der Waals surface area contributed by atoms with Crippen molar-refractivity contribution in [3.05, 3.63) is 29.3 Å². The first-order valence-corrected chi connectivity index (χ1v) is 7.17. The summed E-state index contributed by atoms with van der Waals surface area (Å²) < 4.78 is 0. The van der Waals surface area contributed by atoms with Gasteiger partial charge in [0.2, 0.25) is 5.91 Å². The van der Waals surface area contributed by atoms with Gasteiger partial charge in [-0.15, -0.1) is 11.6 Å². The van der Waals surface area contributed by atoms with Crippen molar-refractivity contribution < 1.29 is 9.59 Å². The minimum Gasteiger partial charge on any atom is -0.337 e. The summed E-state index contributed by atoms with van der Waals surface area (Å²) in [4.78, 5) is 25.1. The molecule has 2 rings (SSSR count). The van der Waals surface area contributed by atoms with Crippen LogP contribution in [0.5, 0.6) is 0 Å². The molecule has 0 spiro atoms. The summed E-state index contributed by atoms with van der Waals surface area (Å²) in [6.45, 7) is 0.851. The first kappa shape index (κ1) is 14.9. The summed E-state index contributed by atoms with van der Waals surface area (Å²) in [5.41, 5.74) is 0.782. The second kappa shape index (κ2) is 6.81. The van der Waals surface area contributed by atoms with Crippen molar-refractivity contribution in [2.24, 2.45) is 0 Å². The van der Waals surface area contributed by atoms with Crippen molar-refractivity contribution in [1.29, 1.82) is 0 Å². The van der Waals surface area contributed by atoms with Gasteiger partial charge in [0.05, 0.1) is 6.04 Å². The Morgan fingerprint density at radius 1 is 1.35 bits per heavy atom. The quantitative estimate of drug-likeness (QED) is 0.835. The third-order valence-corrected chi connectivity index (χ3v) is 3.42. The minimum atomic E-state index is -0.304. The van der Waals surface area contributed by atoms with Gasteiger partial charge in [0, 0.05) is 36.1 Å². The normalized spacial score (nSPS) is 18.2. The number of rotatable bonds is 4. The molecule has 1 fully saturated rings. The van der Waals surface area contributed by atoms with Gasteiger partial charge in [-0.3, -0.25) is 4.79 Å². The number of alkyl halides is 1. The molecule has 20 heavy (non-hydrogen) atoms. The van der Waals surface area contributed by atoms with E-state index in [2.05, 4.69) is 10.6 Å². The van der Waals surface area contributed by atoms with Crippen LogP contribution < -0.4 is 15.5 Å². The van der Waals surface area contributed by atoms with E-state index in [4.69, 9.17) is 23.2 Å². The molecule has 1 aliphatic rings. The predicted octanol–water partition coefficient (Wildman–Crippen LogP) is 1.98. The maximum absolute atomic E-state index is 12.0. The maximum Gasteiger partial charge on any atom is 0.315 e. The number of nitrogens with zero attached hydrogens (tertiary/aromatic N) is 1. The van der Waals surface area contributed by atoms with Crippen LogP contribution in [0.15, 0.2) is 24.3 Å². The number of hydrogen-bond donors (Lipinski definition) is 2. The Labute approximate surface area is 127 Å². The van der Waals surface area contributed by atoms with E-state index in [1.807, 2.05) is 0 Å². The molecule has 108 valence electrons. The zero-order valence-electron chi connectivity index (χ0n) is 10.7. The molecule has 1 aliphatic heterocycles. The van der Waals surface area contributed by atoms with Gasteiger partial charge < -0.3 is 15.5 Å². The number of halogens is 2. The monoisotopic (exact) mass is 315 g/mol. The molecular formula is C13H15Cl2N3O2. The van der Waals surface area contributed by atoms with Gasteiger partial charge in [-0.05, 0) is 24.3 Å². The van der Waals surface area contributed by atoms with Gasteiger partial charge >= 0.3 is 6.03 Å². The molecule has 1 aromatic rings. The Morgan fingerprint density at radius 2 is 2.05 bits per heavy atom. The topological polar surface area (TPSA) is 61.4 Å². The molecule has 0 bridgehead atoms. The second-order valence-corrected chi connectivity index (χ2v) is 5.29. The summed E-state index contributed by atoms with van der Waals surface area (Å²) in [5.74, 6) is 0.337. The minimum absolute atomic E-state index is 0.0186. The molecule has 1 atom stereocenters. The number of amides is 3. The maximum atomic E-state index is 12.0. The number of anilines is 1. The Morgan fingerprint density at radius 3 is 2.70 bits per heavy atom. The zero-order valence-corrected chi connectivity index (χ0v) is 12.2. The second-order valence-electron chi connectivity index (χ2n) is 4.47. The van der Waals surface area contributed by atoms with Crippen molar-refractivity contribution in [3.63, 3.8) is 0 Å². The van der Waals surface area contributed by atoms with Gasteiger partial charge in [0.25, 0.3) is 0 Å². The number of urea groups is 1. The van der Waals surface area contributed by atoms with Crippen LogP contribution in [0, 0.1) is 0 Å². The highest BCUT2D eigenvalue weighted by Crippen LogP contribution is 2.23. The van der Waals surface area contributed by atoms with E-state index in [1.54, 1.807) is 29.2 Å². The third-order valence-electron chi connectivity index (χ3n) is 2.98. The molecule has 1 aromatic carbocycles. The van der Waals surface area contributed by atoms with Gasteiger partial charge in [-0.25, -0.2) is 4.79 Å². The van der Waals surface area contributed by atoms with Crippen molar-refractivity contribution in [2.75, 3.05) is 23.9 Å². The average molecular weight is 316 g/mol. The van der Waals surface area contributed by atoms with Gasteiger partial charge in [0.15, 0.2) is 0 Å². The molecule has 7 heteroatoms. The number of carbonyl (C=O) groups is 2. The molecule has 0 unspecified atom stereocenters. The van der Waals surface area contributed by atoms with E-state index in [-0.39, 0.29) is 24.4 Å². The third kappa shape index (κ3) is 3.77. The lowest BCUT2D eigenvalue weighted by Crippen LogP contribution is -2.43. The van der Waals surface area contributed by atoms with E-state index >= 15 is 0 Å². The molecule has 1 saturated heterocycles. The molecule has 5 nitrogen and oxygen atoms in total. The van der Waals surface area contributed by atoms with Gasteiger partial charge in [-0.2, -0.15) is 0 Å². The van der Waals surface area contributed by atoms with E-state index < -0.39 is 0 Å². The van der Waals surface area contributed by atoms with Crippen LogP contribution in [0.25, 0.3) is 0 Å². The van der Waals surface area contributed by atoms with Gasteiger partial charge in [0.1, 0.15) is 0 Å². The number of benzene rings is 1. The Hall–Kier alpha value is -1.46. The molecule has 3 amide bonds. The van der Waals surface area contributed by atoms with Crippen LogP contribution in [-0.4, -0.2) is 36.9 Å². The lowest BCUT2D eigenvalue weighted by Gasteiger charge is -2.17. The summed E-state index contributed by atoms with van der Waals surface area (Å²) >= 11 is 11.3. The van der Waals surface area contributed by atoms with Gasteiger partial charge in [-0.1, -0.05) is 11.6 Å². The van der Waals surface area contributed by atoms with Crippen LogP contribution in [-0.2, 0) is 4.79 Å². The summed E-state index contributed by atoms with van der Waals surface area (Å²) in [6, 6.07) is 6.54. The summed E-state index contributed by atoms with van der Waals surface area (Å²) in [5, 5.41) is 5.99. The summed E-state index contributed by atoms with van der Waals surface area (Å²) in [6.07, 6.45) is 0.289. The smallest absolute Gasteiger partial charge is 0.315 e. The Kier molecular flexibility index (Phi) is 5.09. The predicted molar refractivity (Wildman–Crippen MR) is 79.5 cm³/mol. The van der Waals surface area contributed by atoms with Crippen LogP contribution in [0.3, 0.4) is 0 Å². The fourth-order valence-electron chi connectivity index (χ4n) is 2.07. The average Bonchev–Trinajstić information content (AvgIpc) is 2.78. The van der Waals surface area contributed by atoms with Crippen molar-refractivity contribution in [1.82, 2.24) is 10.6 Å². The fourth-order valence-corrected chi connectivity index (χ4v) is 2.29. The molecular weight excluding hydrogens is 301 g/mol. The standard InChI is InChI=1S/C13H15Cl2N3O2/c14-5-6-16-13(20)17-10-7-12(19)18(8-10)11-3-1-9(15)2-4-11/h1-4,10H,5-8H2,(H2,16,17,20)/t10-/m0/s1. The lowest BCUT2D eigenvalue weighted by molar-refractivity contribution is -0.117. The Bertz CT molecular complexity index is 493. The van der Waals surface area contributed by atoms with E-state index in [0.717, 1.165) is 5.69 Å². The SMILES string of the molecule is O=C(NCCCl)N[C@H]1CC(=O)N(c2ccc(Cl)cc2)C1. The molecule has 0 radical (unpaired) electrons. The molecule has 1 heterocycles. The fraction of sp³-hybridized carbons (Fsp3) is 0.385. The lowest BCUT2D eigenvalue weighted by atomic mass is 10.2. The number of hydrogen-bond acceptors (Lipinski definition) is 2. The van der Waals surface area contributed by atoms with E-state index in [1.165, 1.54) is 0 Å². The molecule has 2 N–H and O–H groups in total.